The molecule has 1 N–H and O–H groups in total. The van der Waals surface area contributed by atoms with Crippen LogP contribution in [-0.4, -0.2) is 18.2 Å². The van der Waals surface area contributed by atoms with Crippen molar-refractivity contribution in [2.24, 2.45) is 7.05 Å². The molecule has 20 heavy (non-hydrogen) atoms. The number of hydrogen-bond acceptors (Lipinski definition) is 3. The molecule has 6 heteroatoms. The Hall–Kier alpha value is -1.66. The van der Waals surface area contributed by atoms with Crippen LogP contribution in [0.4, 0.5) is 0 Å². The maximum atomic E-state index is 12.3. The van der Waals surface area contributed by atoms with E-state index >= 15 is 0 Å². The van der Waals surface area contributed by atoms with Gasteiger partial charge in [-0.15, -0.1) is 0 Å². The highest BCUT2D eigenvalue weighted by molar-refractivity contribution is 7.89. The molecule has 5 nitrogen and oxygen atoms in total. The maximum Gasteiger partial charge on any atom is 0.244 e. The lowest BCUT2D eigenvalue weighted by atomic mass is 10.0. The molecule has 0 radical (unpaired) electrons. The van der Waals surface area contributed by atoms with Crippen molar-refractivity contribution in [3.05, 3.63) is 47.8 Å². The molecule has 108 valence electrons. The number of aryl methyl sites for hydroxylation is 2. The third kappa shape index (κ3) is 3.26. The van der Waals surface area contributed by atoms with Gasteiger partial charge in [-0.1, -0.05) is 36.8 Å². The van der Waals surface area contributed by atoms with Crippen LogP contribution < -0.4 is 4.72 Å². The highest BCUT2D eigenvalue weighted by Gasteiger charge is 2.21. The molecule has 2 rings (SSSR count). The molecular weight excluding hydrogens is 274 g/mol. The van der Waals surface area contributed by atoms with E-state index in [0.717, 1.165) is 11.1 Å². The van der Waals surface area contributed by atoms with Gasteiger partial charge in [0.25, 0.3) is 0 Å². The zero-order chi connectivity index (χ0) is 14.8. The average Bonchev–Trinajstić information content (AvgIpc) is 2.85. The van der Waals surface area contributed by atoms with E-state index in [9.17, 15) is 8.42 Å². The fourth-order valence-electron chi connectivity index (χ4n) is 1.98. The summed E-state index contributed by atoms with van der Waals surface area (Å²) >= 11 is 0. The summed E-state index contributed by atoms with van der Waals surface area (Å²) in [4.78, 5) is 0.186. The Morgan fingerprint density at radius 2 is 1.95 bits per heavy atom. The van der Waals surface area contributed by atoms with Gasteiger partial charge in [0.15, 0.2) is 0 Å². The Labute approximate surface area is 119 Å². The minimum atomic E-state index is -3.54. The molecule has 0 aliphatic rings. The van der Waals surface area contributed by atoms with Crippen LogP contribution in [0.2, 0.25) is 0 Å². The van der Waals surface area contributed by atoms with Gasteiger partial charge in [0.1, 0.15) is 4.90 Å². The van der Waals surface area contributed by atoms with E-state index in [1.54, 1.807) is 7.05 Å². The van der Waals surface area contributed by atoms with E-state index in [0.29, 0.717) is 6.42 Å². The van der Waals surface area contributed by atoms with Crippen LogP contribution in [0, 0.1) is 6.92 Å². The van der Waals surface area contributed by atoms with Crippen LogP contribution >= 0.6 is 0 Å². The highest BCUT2D eigenvalue weighted by Crippen LogP contribution is 2.20. The summed E-state index contributed by atoms with van der Waals surface area (Å²) in [7, 11) is -1.85. The van der Waals surface area contributed by atoms with Gasteiger partial charge in [0, 0.05) is 19.3 Å². The zero-order valence-corrected chi connectivity index (χ0v) is 12.7. The molecule has 0 aliphatic carbocycles. The third-order valence-electron chi connectivity index (χ3n) is 3.18. The van der Waals surface area contributed by atoms with Crippen LogP contribution in [0.3, 0.4) is 0 Å². The first-order chi connectivity index (χ1) is 9.42. The zero-order valence-electron chi connectivity index (χ0n) is 11.9. The Morgan fingerprint density at radius 3 is 2.45 bits per heavy atom. The van der Waals surface area contributed by atoms with Crippen molar-refractivity contribution in [3.8, 4) is 0 Å². The Bertz CT molecular complexity index is 675. The van der Waals surface area contributed by atoms with Crippen LogP contribution in [0.1, 0.15) is 30.5 Å². The second kappa shape index (κ2) is 5.76. The number of hydrogen-bond donors (Lipinski definition) is 1. The number of benzene rings is 1. The number of sulfonamides is 1. The van der Waals surface area contributed by atoms with Gasteiger partial charge in [-0.25, -0.2) is 13.1 Å². The summed E-state index contributed by atoms with van der Waals surface area (Å²) in [6, 6.07) is 7.64. The summed E-state index contributed by atoms with van der Waals surface area (Å²) in [5.41, 5.74) is 2.12. The van der Waals surface area contributed by atoms with E-state index in [1.165, 1.54) is 17.1 Å². The van der Waals surface area contributed by atoms with Crippen LogP contribution in [-0.2, 0) is 17.1 Å². The SMILES string of the molecule is CC[C@H](NS(=O)(=O)c1cnn(C)c1)c1ccc(C)cc1. The summed E-state index contributed by atoms with van der Waals surface area (Å²) in [5.74, 6) is 0. The van der Waals surface area contributed by atoms with Gasteiger partial charge >= 0.3 is 0 Å². The minimum Gasteiger partial charge on any atom is -0.274 e. The molecule has 0 bridgehead atoms. The van der Waals surface area contributed by atoms with Crippen LogP contribution in [0.25, 0.3) is 0 Å². The predicted molar refractivity (Wildman–Crippen MR) is 77.7 cm³/mol. The summed E-state index contributed by atoms with van der Waals surface area (Å²) in [5, 5.41) is 3.90. The molecule has 1 heterocycles. The molecule has 2 aromatic rings. The van der Waals surface area contributed by atoms with Gasteiger partial charge < -0.3 is 0 Å². The molecule has 0 fully saturated rings. The number of nitrogens with one attached hydrogen (secondary N) is 1. The first-order valence-corrected chi connectivity index (χ1v) is 7.98. The lowest BCUT2D eigenvalue weighted by molar-refractivity contribution is 0.550. The molecule has 0 saturated carbocycles. The van der Waals surface area contributed by atoms with Crippen molar-refractivity contribution in [1.82, 2.24) is 14.5 Å². The molecule has 1 aromatic carbocycles. The summed E-state index contributed by atoms with van der Waals surface area (Å²) < 4.78 is 28.8. The van der Waals surface area contributed by atoms with Gasteiger partial charge in [-0.2, -0.15) is 5.10 Å². The lowest BCUT2D eigenvalue weighted by Gasteiger charge is -2.17. The van der Waals surface area contributed by atoms with Gasteiger partial charge in [-0.05, 0) is 18.9 Å². The first-order valence-electron chi connectivity index (χ1n) is 6.50. The van der Waals surface area contributed by atoms with Crippen molar-refractivity contribution >= 4 is 10.0 Å². The van der Waals surface area contributed by atoms with Crippen molar-refractivity contribution in [2.45, 2.75) is 31.2 Å². The second-order valence-electron chi connectivity index (χ2n) is 4.84. The Morgan fingerprint density at radius 1 is 1.30 bits per heavy atom. The van der Waals surface area contributed by atoms with Crippen LogP contribution in [0.5, 0.6) is 0 Å². The fourth-order valence-corrected chi connectivity index (χ4v) is 3.27. The Balaban J connectivity index is 2.24. The molecule has 0 unspecified atom stereocenters. The van der Waals surface area contributed by atoms with E-state index < -0.39 is 10.0 Å². The maximum absolute atomic E-state index is 12.3. The molecular formula is C14H19N3O2S. The van der Waals surface area contributed by atoms with Gasteiger partial charge in [-0.3, -0.25) is 4.68 Å². The normalized spacial score (nSPS) is 13.3. The highest BCUT2D eigenvalue weighted by atomic mass is 32.2. The number of rotatable bonds is 5. The van der Waals surface area contributed by atoms with Crippen molar-refractivity contribution < 1.29 is 8.42 Å². The quantitative estimate of drug-likeness (QED) is 0.918. The van der Waals surface area contributed by atoms with E-state index in [4.69, 9.17) is 0 Å². The largest absolute Gasteiger partial charge is 0.274 e. The summed E-state index contributed by atoms with van der Waals surface area (Å²) in [6.45, 7) is 3.96. The molecule has 1 aromatic heterocycles. The van der Waals surface area contributed by atoms with Crippen LogP contribution in [0.15, 0.2) is 41.6 Å². The van der Waals surface area contributed by atoms with Crippen molar-refractivity contribution in [1.29, 1.82) is 0 Å². The smallest absolute Gasteiger partial charge is 0.244 e. The fraction of sp³-hybridized carbons (Fsp3) is 0.357. The average molecular weight is 293 g/mol. The third-order valence-corrected chi connectivity index (χ3v) is 4.60. The lowest BCUT2D eigenvalue weighted by Crippen LogP contribution is -2.28. The Kier molecular flexibility index (Phi) is 4.25. The van der Waals surface area contributed by atoms with E-state index in [1.807, 2.05) is 38.1 Å². The summed E-state index contributed by atoms with van der Waals surface area (Å²) in [6.07, 6.45) is 3.52. The predicted octanol–water partition coefficient (Wildman–Crippen LogP) is 2.16. The second-order valence-corrected chi connectivity index (χ2v) is 6.56. The molecule has 0 saturated heterocycles. The number of nitrogens with zero attached hydrogens (tertiary/aromatic N) is 2. The monoisotopic (exact) mass is 293 g/mol. The topological polar surface area (TPSA) is 64.0 Å². The molecule has 0 spiro atoms. The molecule has 1 atom stereocenters. The standard InChI is InChI=1S/C14H19N3O2S/c1-4-14(12-7-5-11(2)6-8-12)16-20(18,19)13-9-15-17(3)10-13/h5-10,14,16H,4H2,1-3H3/t14-/m0/s1. The van der Waals surface area contributed by atoms with Gasteiger partial charge in [0.05, 0.1) is 6.20 Å². The van der Waals surface area contributed by atoms with E-state index in [2.05, 4.69) is 9.82 Å². The van der Waals surface area contributed by atoms with Gasteiger partial charge in [0.2, 0.25) is 10.0 Å². The number of aromatic nitrogens is 2. The van der Waals surface area contributed by atoms with Crippen molar-refractivity contribution in [2.75, 3.05) is 0 Å². The first kappa shape index (κ1) is 14.7. The van der Waals surface area contributed by atoms with Crippen molar-refractivity contribution in [3.63, 3.8) is 0 Å². The van der Waals surface area contributed by atoms with E-state index in [-0.39, 0.29) is 10.9 Å². The molecule has 0 aliphatic heterocycles. The molecule has 0 amide bonds. The minimum absolute atomic E-state index is 0.186.